The Hall–Kier alpha value is -0.480. The second-order valence-electron chi connectivity index (χ2n) is 4.36. The zero-order chi connectivity index (χ0) is 11.8. The molecule has 1 aliphatic rings. The van der Waals surface area contributed by atoms with E-state index >= 15 is 0 Å². The number of benzene rings is 1. The quantitative estimate of drug-likeness (QED) is 0.864. The van der Waals surface area contributed by atoms with Crippen LogP contribution in [0.2, 0.25) is 10.0 Å². The number of hydrogen-bond donors (Lipinski definition) is 1. The molecular formula is C12H13Cl3N2O. The fraction of sp³-hybridized carbons (Fsp3) is 0.417. The van der Waals surface area contributed by atoms with Crippen molar-refractivity contribution in [3.8, 4) is 0 Å². The molecule has 1 aliphatic heterocycles. The minimum absolute atomic E-state index is 0. The zero-order valence-electron chi connectivity index (χ0n) is 9.58. The Labute approximate surface area is 121 Å². The zero-order valence-corrected chi connectivity index (χ0v) is 11.9. The molecule has 1 aromatic carbocycles. The van der Waals surface area contributed by atoms with Gasteiger partial charge in [-0.25, -0.2) is 0 Å². The Morgan fingerprint density at radius 1 is 1.22 bits per heavy atom. The van der Waals surface area contributed by atoms with Crippen LogP contribution in [0.5, 0.6) is 0 Å². The van der Waals surface area contributed by atoms with Gasteiger partial charge in [0.25, 0.3) is 0 Å². The number of aromatic nitrogens is 1. The molecule has 0 amide bonds. The molecule has 0 aliphatic carbocycles. The summed E-state index contributed by atoms with van der Waals surface area (Å²) >= 11 is 12.1. The molecule has 6 heteroatoms. The third-order valence-corrected chi connectivity index (χ3v) is 3.74. The Bertz CT molecular complexity index is 549. The van der Waals surface area contributed by atoms with E-state index in [9.17, 15) is 0 Å². The SMILES string of the molecule is Cl.Clc1cc(Cl)c2onc(C3CCNCC3)c2c1. The molecular weight excluding hydrogens is 295 g/mol. The van der Waals surface area contributed by atoms with Crippen LogP contribution in [-0.2, 0) is 0 Å². The van der Waals surface area contributed by atoms with Crippen LogP contribution < -0.4 is 5.32 Å². The molecule has 0 spiro atoms. The van der Waals surface area contributed by atoms with Gasteiger partial charge in [-0.15, -0.1) is 12.4 Å². The van der Waals surface area contributed by atoms with E-state index in [1.54, 1.807) is 6.07 Å². The van der Waals surface area contributed by atoms with E-state index in [1.807, 2.05) is 6.07 Å². The van der Waals surface area contributed by atoms with Crippen LogP contribution >= 0.6 is 35.6 Å². The first-order valence-corrected chi connectivity index (χ1v) is 6.46. The maximum atomic E-state index is 6.08. The van der Waals surface area contributed by atoms with E-state index in [-0.39, 0.29) is 12.4 Å². The number of nitrogens with zero attached hydrogens (tertiary/aromatic N) is 1. The summed E-state index contributed by atoms with van der Waals surface area (Å²) in [4.78, 5) is 0. The van der Waals surface area contributed by atoms with E-state index in [4.69, 9.17) is 27.7 Å². The summed E-state index contributed by atoms with van der Waals surface area (Å²) in [5, 5.41) is 9.62. The number of halogens is 3. The molecule has 18 heavy (non-hydrogen) atoms. The Morgan fingerprint density at radius 3 is 2.67 bits per heavy atom. The van der Waals surface area contributed by atoms with E-state index < -0.39 is 0 Å². The van der Waals surface area contributed by atoms with Crippen LogP contribution in [0.3, 0.4) is 0 Å². The summed E-state index contributed by atoms with van der Waals surface area (Å²) < 4.78 is 5.33. The van der Waals surface area contributed by atoms with Crippen molar-refractivity contribution < 1.29 is 4.52 Å². The minimum Gasteiger partial charge on any atom is -0.354 e. The number of fused-ring (bicyclic) bond motifs is 1. The van der Waals surface area contributed by atoms with E-state index in [0.29, 0.717) is 21.5 Å². The van der Waals surface area contributed by atoms with E-state index in [0.717, 1.165) is 37.0 Å². The highest BCUT2D eigenvalue weighted by molar-refractivity contribution is 6.38. The van der Waals surface area contributed by atoms with Gasteiger partial charge in [-0.1, -0.05) is 28.4 Å². The largest absolute Gasteiger partial charge is 0.354 e. The predicted octanol–water partition coefficient (Wildman–Crippen LogP) is 4.02. The highest BCUT2D eigenvalue weighted by atomic mass is 35.5. The lowest BCUT2D eigenvalue weighted by atomic mass is 9.93. The summed E-state index contributed by atoms with van der Waals surface area (Å²) in [6.45, 7) is 2.04. The third-order valence-electron chi connectivity index (χ3n) is 3.25. The molecule has 3 rings (SSSR count). The molecule has 98 valence electrons. The lowest BCUT2D eigenvalue weighted by molar-refractivity contribution is 0.404. The monoisotopic (exact) mass is 306 g/mol. The van der Waals surface area contributed by atoms with E-state index in [2.05, 4.69) is 10.5 Å². The number of rotatable bonds is 1. The van der Waals surface area contributed by atoms with Gasteiger partial charge in [-0.2, -0.15) is 0 Å². The Kier molecular flexibility index (Phi) is 4.38. The van der Waals surface area contributed by atoms with Crippen LogP contribution in [-0.4, -0.2) is 18.2 Å². The maximum Gasteiger partial charge on any atom is 0.185 e. The van der Waals surface area contributed by atoms with Gasteiger partial charge in [0.1, 0.15) is 0 Å². The third kappa shape index (κ3) is 2.45. The topological polar surface area (TPSA) is 38.1 Å². The van der Waals surface area contributed by atoms with Gasteiger partial charge in [-0.05, 0) is 38.1 Å². The van der Waals surface area contributed by atoms with Crippen LogP contribution in [0.1, 0.15) is 24.5 Å². The average Bonchev–Trinajstić information content (AvgIpc) is 2.74. The Balaban J connectivity index is 0.00000120. The first-order valence-electron chi connectivity index (χ1n) is 5.71. The molecule has 1 fully saturated rings. The van der Waals surface area contributed by atoms with Crippen molar-refractivity contribution in [2.24, 2.45) is 0 Å². The van der Waals surface area contributed by atoms with Crippen molar-refractivity contribution in [3.63, 3.8) is 0 Å². The normalized spacial score (nSPS) is 16.8. The second kappa shape index (κ2) is 5.66. The van der Waals surface area contributed by atoms with E-state index in [1.165, 1.54) is 0 Å². The summed E-state index contributed by atoms with van der Waals surface area (Å²) in [5.74, 6) is 0.437. The van der Waals surface area contributed by atoms with Gasteiger partial charge in [0.15, 0.2) is 5.58 Å². The van der Waals surface area contributed by atoms with Crippen LogP contribution in [0.25, 0.3) is 11.0 Å². The smallest absolute Gasteiger partial charge is 0.185 e. The molecule has 0 bridgehead atoms. The molecule has 1 saturated heterocycles. The fourth-order valence-corrected chi connectivity index (χ4v) is 2.91. The first kappa shape index (κ1) is 13.9. The van der Waals surface area contributed by atoms with Gasteiger partial charge in [0, 0.05) is 16.3 Å². The second-order valence-corrected chi connectivity index (χ2v) is 5.20. The summed E-state index contributed by atoms with van der Waals surface area (Å²) in [5.41, 5.74) is 1.63. The van der Waals surface area contributed by atoms with Crippen molar-refractivity contribution in [2.75, 3.05) is 13.1 Å². The van der Waals surface area contributed by atoms with Crippen molar-refractivity contribution >= 4 is 46.6 Å². The first-order chi connectivity index (χ1) is 8.25. The van der Waals surface area contributed by atoms with Crippen molar-refractivity contribution in [3.05, 3.63) is 27.9 Å². The summed E-state index contributed by atoms with van der Waals surface area (Å²) in [6.07, 6.45) is 2.15. The lowest BCUT2D eigenvalue weighted by Gasteiger charge is -2.20. The Morgan fingerprint density at radius 2 is 1.94 bits per heavy atom. The minimum atomic E-state index is 0. The molecule has 0 unspecified atom stereocenters. The molecule has 0 saturated carbocycles. The molecule has 0 atom stereocenters. The van der Waals surface area contributed by atoms with Gasteiger partial charge >= 0.3 is 0 Å². The van der Waals surface area contributed by atoms with Gasteiger partial charge in [0.05, 0.1) is 10.7 Å². The number of piperidine rings is 1. The highest BCUT2D eigenvalue weighted by Gasteiger charge is 2.22. The number of hydrogen-bond acceptors (Lipinski definition) is 3. The average molecular weight is 308 g/mol. The molecule has 3 nitrogen and oxygen atoms in total. The molecule has 0 radical (unpaired) electrons. The maximum absolute atomic E-state index is 6.08. The van der Waals surface area contributed by atoms with Gasteiger partial charge < -0.3 is 9.84 Å². The summed E-state index contributed by atoms with van der Waals surface area (Å²) in [6, 6.07) is 3.57. The summed E-state index contributed by atoms with van der Waals surface area (Å²) in [7, 11) is 0. The highest BCUT2D eigenvalue weighted by Crippen LogP contribution is 2.35. The van der Waals surface area contributed by atoms with Gasteiger partial charge in [0.2, 0.25) is 0 Å². The van der Waals surface area contributed by atoms with Crippen molar-refractivity contribution in [1.29, 1.82) is 0 Å². The molecule has 1 N–H and O–H groups in total. The fourth-order valence-electron chi connectivity index (χ4n) is 2.38. The van der Waals surface area contributed by atoms with Crippen LogP contribution in [0.15, 0.2) is 16.7 Å². The van der Waals surface area contributed by atoms with Crippen molar-refractivity contribution in [2.45, 2.75) is 18.8 Å². The lowest BCUT2D eigenvalue weighted by Crippen LogP contribution is -2.26. The molecule has 1 aromatic heterocycles. The predicted molar refractivity (Wildman–Crippen MR) is 76.1 cm³/mol. The van der Waals surface area contributed by atoms with Crippen LogP contribution in [0.4, 0.5) is 0 Å². The standard InChI is InChI=1S/C12H12Cl2N2O.ClH/c13-8-5-9-11(7-1-3-15-4-2-7)16-17-12(9)10(14)6-8;/h5-7,15H,1-4H2;1H. The van der Waals surface area contributed by atoms with Crippen LogP contribution in [0, 0.1) is 0 Å². The number of nitrogens with one attached hydrogen (secondary N) is 1. The van der Waals surface area contributed by atoms with Crippen molar-refractivity contribution in [1.82, 2.24) is 10.5 Å². The van der Waals surface area contributed by atoms with Gasteiger partial charge in [-0.3, -0.25) is 0 Å². The molecule has 2 heterocycles. The molecule has 2 aromatic rings.